The summed E-state index contributed by atoms with van der Waals surface area (Å²) in [4.78, 5) is 10.1. The Labute approximate surface area is 191 Å². The Morgan fingerprint density at radius 3 is 2.41 bits per heavy atom. The second kappa shape index (κ2) is 9.62. The number of aromatic nitrogens is 2. The van der Waals surface area contributed by atoms with E-state index in [0.717, 1.165) is 41.6 Å². The van der Waals surface area contributed by atoms with Gasteiger partial charge in [-0.2, -0.15) is 0 Å². The predicted octanol–water partition coefficient (Wildman–Crippen LogP) is 5.70. The van der Waals surface area contributed by atoms with Gasteiger partial charge in [0, 0.05) is 25.7 Å². The Bertz CT molecular complexity index is 1010. The van der Waals surface area contributed by atoms with Gasteiger partial charge in [-0.25, -0.2) is 9.37 Å². The highest BCUT2D eigenvalue weighted by molar-refractivity contribution is 5.79. The molecule has 2 fully saturated rings. The van der Waals surface area contributed by atoms with Crippen molar-refractivity contribution >= 4 is 17.0 Å². The summed E-state index contributed by atoms with van der Waals surface area (Å²) in [5, 5.41) is 0. The second-order valence-corrected chi connectivity index (χ2v) is 9.77. The lowest BCUT2D eigenvalue weighted by Crippen LogP contribution is -2.45. The van der Waals surface area contributed by atoms with E-state index >= 15 is 0 Å². The Morgan fingerprint density at radius 1 is 0.938 bits per heavy atom. The highest BCUT2D eigenvalue weighted by Gasteiger charge is 2.27. The highest BCUT2D eigenvalue weighted by Crippen LogP contribution is 2.29. The summed E-state index contributed by atoms with van der Waals surface area (Å²) in [6.45, 7) is 4.03. The Balaban J connectivity index is 1.30. The van der Waals surface area contributed by atoms with Crippen molar-refractivity contribution in [2.24, 2.45) is 5.92 Å². The number of fused-ring (bicyclic) bond motifs is 1. The molecule has 0 amide bonds. The molecular weight excluding hydrogens is 399 g/mol. The normalized spacial score (nSPS) is 18.7. The Hall–Kier alpha value is -2.40. The van der Waals surface area contributed by atoms with Crippen molar-refractivity contribution in [2.45, 2.75) is 57.5 Å². The van der Waals surface area contributed by atoms with Gasteiger partial charge in [-0.05, 0) is 68.5 Å². The third-order valence-electron chi connectivity index (χ3n) is 7.53. The van der Waals surface area contributed by atoms with Gasteiger partial charge in [0.15, 0.2) is 0 Å². The maximum atomic E-state index is 13.4. The number of hydrogen-bond acceptors (Lipinski definition) is 3. The molecule has 3 aromatic rings. The van der Waals surface area contributed by atoms with E-state index in [-0.39, 0.29) is 5.82 Å². The van der Waals surface area contributed by atoms with E-state index < -0.39 is 0 Å². The number of benzene rings is 2. The van der Waals surface area contributed by atoms with Crippen LogP contribution in [-0.2, 0) is 6.54 Å². The number of para-hydroxylation sites is 2. The molecule has 0 bridgehead atoms. The maximum absolute atomic E-state index is 13.4. The van der Waals surface area contributed by atoms with Crippen molar-refractivity contribution in [3.8, 4) is 0 Å². The van der Waals surface area contributed by atoms with Crippen molar-refractivity contribution in [3.63, 3.8) is 0 Å². The van der Waals surface area contributed by atoms with Gasteiger partial charge in [-0.3, -0.25) is 0 Å². The zero-order valence-corrected chi connectivity index (χ0v) is 19.2. The molecule has 4 nitrogen and oxygen atoms in total. The standard InChI is InChI=1S/C27H35FN4/c1-30(19-21-7-3-2-4-8-21)24-15-17-31(18-16-24)27-29-25-9-5-6-10-26(25)32(27)20-22-11-13-23(28)14-12-22/h5-6,9-14,21,24H,2-4,7-8,15-20H2,1H3. The summed E-state index contributed by atoms with van der Waals surface area (Å²) in [6, 6.07) is 15.9. The molecule has 170 valence electrons. The van der Waals surface area contributed by atoms with Gasteiger partial charge in [0.1, 0.15) is 5.82 Å². The lowest BCUT2D eigenvalue weighted by Gasteiger charge is -2.39. The fourth-order valence-electron chi connectivity index (χ4n) is 5.67. The minimum Gasteiger partial charge on any atom is -0.342 e. The monoisotopic (exact) mass is 434 g/mol. The molecule has 2 aliphatic rings. The van der Waals surface area contributed by atoms with Crippen LogP contribution in [0.1, 0.15) is 50.5 Å². The third-order valence-corrected chi connectivity index (χ3v) is 7.53. The molecule has 0 atom stereocenters. The highest BCUT2D eigenvalue weighted by atomic mass is 19.1. The lowest BCUT2D eigenvalue weighted by molar-refractivity contribution is 0.160. The van der Waals surface area contributed by atoms with E-state index in [1.165, 1.54) is 51.5 Å². The van der Waals surface area contributed by atoms with Gasteiger partial charge in [0.25, 0.3) is 0 Å². The van der Waals surface area contributed by atoms with Gasteiger partial charge in [-0.1, -0.05) is 43.5 Å². The van der Waals surface area contributed by atoms with E-state index in [9.17, 15) is 4.39 Å². The number of rotatable bonds is 6. The summed E-state index contributed by atoms with van der Waals surface area (Å²) in [5.74, 6) is 1.75. The first-order valence-corrected chi connectivity index (χ1v) is 12.3. The fourth-order valence-corrected chi connectivity index (χ4v) is 5.67. The Kier molecular flexibility index (Phi) is 6.44. The second-order valence-electron chi connectivity index (χ2n) is 9.77. The minimum absolute atomic E-state index is 0.191. The number of hydrogen-bond donors (Lipinski definition) is 0. The average molecular weight is 435 g/mol. The van der Waals surface area contributed by atoms with E-state index in [4.69, 9.17) is 4.98 Å². The molecule has 0 spiro atoms. The van der Waals surface area contributed by atoms with Crippen LogP contribution in [-0.4, -0.2) is 47.2 Å². The van der Waals surface area contributed by atoms with Crippen molar-refractivity contribution < 1.29 is 4.39 Å². The van der Waals surface area contributed by atoms with Crippen LogP contribution in [0, 0.1) is 11.7 Å². The first-order valence-electron chi connectivity index (χ1n) is 12.3. The van der Waals surface area contributed by atoms with Crippen LogP contribution in [0.4, 0.5) is 10.3 Å². The SMILES string of the molecule is CN(CC1CCCCC1)C1CCN(c2nc3ccccc3n2Cc2ccc(F)cc2)CC1. The molecular formula is C27H35FN4. The minimum atomic E-state index is -0.191. The van der Waals surface area contributed by atoms with E-state index in [2.05, 4.69) is 39.6 Å². The number of imidazole rings is 1. The molecule has 1 aliphatic heterocycles. The van der Waals surface area contributed by atoms with Crippen LogP contribution in [0.5, 0.6) is 0 Å². The molecule has 2 aromatic carbocycles. The molecule has 0 radical (unpaired) electrons. The quantitative estimate of drug-likeness (QED) is 0.497. The van der Waals surface area contributed by atoms with Gasteiger partial charge < -0.3 is 14.4 Å². The summed E-state index contributed by atoms with van der Waals surface area (Å²) in [7, 11) is 2.33. The maximum Gasteiger partial charge on any atom is 0.206 e. The summed E-state index contributed by atoms with van der Waals surface area (Å²) >= 11 is 0. The van der Waals surface area contributed by atoms with Crippen LogP contribution in [0.25, 0.3) is 11.0 Å². The average Bonchev–Trinajstić information content (AvgIpc) is 3.19. The molecule has 2 heterocycles. The molecule has 1 saturated heterocycles. The van der Waals surface area contributed by atoms with Crippen molar-refractivity contribution in [1.29, 1.82) is 0 Å². The van der Waals surface area contributed by atoms with E-state index in [1.54, 1.807) is 12.1 Å². The van der Waals surface area contributed by atoms with E-state index in [1.807, 2.05) is 18.2 Å². The summed E-state index contributed by atoms with van der Waals surface area (Å²) in [6.07, 6.45) is 9.46. The van der Waals surface area contributed by atoms with Crippen LogP contribution >= 0.6 is 0 Å². The van der Waals surface area contributed by atoms with Gasteiger partial charge in [0.2, 0.25) is 5.95 Å². The molecule has 1 saturated carbocycles. The molecule has 1 aromatic heterocycles. The number of anilines is 1. The van der Waals surface area contributed by atoms with Crippen LogP contribution < -0.4 is 4.90 Å². The lowest BCUT2D eigenvalue weighted by atomic mass is 9.88. The van der Waals surface area contributed by atoms with Crippen molar-refractivity contribution in [3.05, 3.63) is 59.9 Å². The van der Waals surface area contributed by atoms with Crippen LogP contribution in [0.3, 0.4) is 0 Å². The smallest absolute Gasteiger partial charge is 0.206 e. The van der Waals surface area contributed by atoms with Crippen LogP contribution in [0.15, 0.2) is 48.5 Å². The topological polar surface area (TPSA) is 24.3 Å². The largest absolute Gasteiger partial charge is 0.342 e. The first-order chi connectivity index (χ1) is 15.7. The molecule has 0 N–H and O–H groups in total. The Morgan fingerprint density at radius 2 is 1.66 bits per heavy atom. The van der Waals surface area contributed by atoms with Gasteiger partial charge in [-0.15, -0.1) is 0 Å². The zero-order chi connectivity index (χ0) is 21.9. The van der Waals surface area contributed by atoms with Gasteiger partial charge in [0.05, 0.1) is 17.6 Å². The van der Waals surface area contributed by atoms with Gasteiger partial charge >= 0.3 is 0 Å². The van der Waals surface area contributed by atoms with Crippen molar-refractivity contribution in [2.75, 3.05) is 31.6 Å². The fraction of sp³-hybridized carbons (Fsp3) is 0.519. The zero-order valence-electron chi connectivity index (χ0n) is 19.2. The number of nitrogens with zero attached hydrogens (tertiary/aromatic N) is 4. The molecule has 32 heavy (non-hydrogen) atoms. The number of halogens is 1. The van der Waals surface area contributed by atoms with Crippen LogP contribution in [0.2, 0.25) is 0 Å². The molecule has 5 rings (SSSR count). The third kappa shape index (κ3) is 4.68. The summed E-state index contributed by atoms with van der Waals surface area (Å²) in [5.41, 5.74) is 3.27. The summed E-state index contributed by atoms with van der Waals surface area (Å²) < 4.78 is 15.7. The first kappa shape index (κ1) is 21.4. The predicted molar refractivity (Wildman–Crippen MR) is 130 cm³/mol. The van der Waals surface area contributed by atoms with Crippen molar-refractivity contribution in [1.82, 2.24) is 14.5 Å². The molecule has 0 unspecified atom stereocenters. The molecule has 1 aliphatic carbocycles. The molecule has 5 heteroatoms. The van der Waals surface area contributed by atoms with E-state index in [0.29, 0.717) is 12.6 Å². The number of piperidine rings is 1.